The summed E-state index contributed by atoms with van der Waals surface area (Å²) in [7, 11) is 0. The van der Waals surface area contributed by atoms with E-state index in [1.807, 2.05) is 0 Å². The maximum absolute atomic E-state index is 13.0. The first-order chi connectivity index (χ1) is 16.8. The normalized spacial score (nSPS) is 15.1. The molecular formula is C22H16BrF3N2O7S. The molecule has 190 valence electrons. The molecule has 0 spiro atoms. The average molecular weight is 589 g/mol. The van der Waals surface area contributed by atoms with Gasteiger partial charge in [-0.1, -0.05) is 15.9 Å². The maximum Gasteiger partial charge on any atom is 0.416 e. The van der Waals surface area contributed by atoms with Crippen LogP contribution in [0.2, 0.25) is 0 Å². The van der Waals surface area contributed by atoms with Gasteiger partial charge in [0.25, 0.3) is 11.1 Å². The number of amides is 2. The zero-order valence-corrected chi connectivity index (χ0v) is 20.9. The number of ether oxygens (including phenoxy) is 2. The van der Waals surface area contributed by atoms with Crippen molar-refractivity contribution in [1.29, 1.82) is 0 Å². The molecule has 1 saturated heterocycles. The lowest BCUT2D eigenvalue weighted by molar-refractivity contribution is -0.385. The van der Waals surface area contributed by atoms with Gasteiger partial charge < -0.3 is 9.47 Å². The van der Waals surface area contributed by atoms with Crippen molar-refractivity contribution in [2.75, 3.05) is 6.54 Å². The molecule has 0 saturated carbocycles. The number of carbonyl (C=O) groups is 3. The lowest BCUT2D eigenvalue weighted by Gasteiger charge is -2.13. The second kappa shape index (κ2) is 10.7. The van der Waals surface area contributed by atoms with E-state index in [1.165, 1.54) is 24.3 Å². The van der Waals surface area contributed by atoms with E-state index < -0.39 is 57.9 Å². The van der Waals surface area contributed by atoms with Gasteiger partial charge in [-0.3, -0.25) is 29.4 Å². The van der Waals surface area contributed by atoms with Crippen molar-refractivity contribution >= 4 is 56.6 Å². The number of benzene rings is 2. The Morgan fingerprint density at radius 3 is 2.47 bits per heavy atom. The van der Waals surface area contributed by atoms with Gasteiger partial charge in [0, 0.05) is 16.1 Å². The number of nitro benzene ring substituents is 1. The van der Waals surface area contributed by atoms with Crippen LogP contribution in [0.25, 0.3) is 6.08 Å². The van der Waals surface area contributed by atoms with Crippen LogP contribution >= 0.6 is 27.7 Å². The number of nitrogens with zero attached hydrogens (tertiary/aromatic N) is 2. The summed E-state index contributed by atoms with van der Waals surface area (Å²) in [5.74, 6) is -2.03. The summed E-state index contributed by atoms with van der Waals surface area (Å²) in [6, 6.07) is 6.18. The molecule has 2 amide bonds. The third kappa shape index (κ3) is 6.43. The molecule has 14 heteroatoms. The standard InChI is InChI=1S/C22H16BrF3N2O7S/c1-11(2)34-19(29)10-27-20(30)18(36-21(27)31)8-12-7-14(23)4-6-16(12)35-17-5-3-13(22(24,25)26)9-15(17)28(32)33/h3-9,11H,10H2,1-2H3/b18-8+. The predicted molar refractivity (Wildman–Crippen MR) is 126 cm³/mol. The number of thioether (sulfide) groups is 1. The highest BCUT2D eigenvalue weighted by atomic mass is 79.9. The van der Waals surface area contributed by atoms with Crippen LogP contribution in [0.5, 0.6) is 11.5 Å². The SMILES string of the molecule is CC(C)OC(=O)CN1C(=O)S/C(=C/c2cc(Br)ccc2Oc2ccc(C(F)(F)F)cc2[N+](=O)[O-])C1=O. The number of carbonyl (C=O) groups excluding carboxylic acids is 3. The van der Waals surface area contributed by atoms with Gasteiger partial charge in [-0.15, -0.1) is 0 Å². The van der Waals surface area contributed by atoms with Crippen LogP contribution in [-0.4, -0.2) is 39.6 Å². The topological polar surface area (TPSA) is 116 Å². The first-order valence-corrected chi connectivity index (χ1v) is 11.6. The van der Waals surface area contributed by atoms with Gasteiger partial charge in [0.05, 0.1) is 21.5 Å². The zero-order valence-electron chi connectivity index (χ0n) is 18.5. The van der Waals surface area contributed by atoms with Crippen LogP contribution in [0.15, 0.2) is 45.8 Å². The number of imide groups is 1. The number of nitro groups is 1. The van der Waals surface area contributed by atoms with Crippen molar-refractivity contribution in [2.24, 2.45) is 0 Å². The van der Waals surface area contributed by atoms with Crippen molar-refractivity contribution in [3.63, 3.8) is 0 Å². The molecule has 0 atom stereocenters. The van der Waals surface area contributed by atoms with Gasteiger partial charge in [-0.25, -0.2) is 0 Å². The fourth-order valence-corrected chi connectivity index (χ4v) is 4.18. The third-order valence-corrected chi connectivity index (χ3v) is 5.89. The highest BCUT2D eigenvalue weighted by molar-refractivity contribution is 9.10. The van der Waals surface area contributed by atoms with E-state index in [0.29, 0.717) is 33.3 Å². The molecule has 0 N–H and O–H groups in total. The molecule has 1 aliphatic rings. The minimum Gasteiger partial charge on any atom is -0.462 e. The Morgan fingerprint density at radius 2 is 1.86 bits per heavy atom. The van der Waals surface area contributed by atoms with Crippen LogP contribution in [0.4, 0.5) is 23.7 Å². The highest BCUT2D eigenvalue weighted by Gasteiger charge is 2.37. The molecule has 0 radical (unpaired) electrons. The number of alkyl halides is 3. The van der Waals surface area contributed by atoms with Crippen molar-refractivity contribution < 1.29 is 42.0 Å². The van der Waals surface area contributed by atoms with Crippen LogP contribution in [-0.2, 0) is 20.5 Å². The largest absolute Gasteiger partial charge is 0.462 e. The molecule has 36 heavy (non-hydrogen) atoms. The van der Waals surface area contributed by atoms with Gasteiger partial charge in [-0.05, 0) is 62.0 Å². The maximum atomic E-state index is 13.0. The van der Waals surface area contributed by atoms with E-state index in [-0.39, 0.29) is 16.2 Å². The van der Waals surface area contributed by atoms with Gasteiger partial charge in [-0.2, -0.15) is 13.2 Å². The van der Waals surface area contributed by atoms with E-state index in [0.717, 1.165) is 6.07 Å². The zero-order chi connectivity index (χ0) is 26.8. The molecule has 1 fully saturated rings. The molecule has 1 aliphatic heterocycles. The van der Waals surface area contributed by atoms with Crippen molar-refractivity contribution in [3.05, 3.63) is 67.0 Å². The Balaban J connectivity index is 1.94. The van der Waals surface area contributed by atoms with Crippen LogP contribution in [0.3, 0.4) is 0 Å². The Bertz CT molecular complexity index is 1280. The number of hydrogen-bond acceptors (Lipinski definition) is 8. The monoisotopic (exact) mass is 588 g/mol. The molecule has 0 aliphatic carbocycles. The molecule has 9 nitrogen and oxygen atoms in total. The van der Waals surface area contributed by atoms with E-state index in [9.17, 15) is 37.7 Å². The van der Waals surface area contributed by atoms with Gasteiger partial charge in [0.2, 0.25) is 5.75 Å². The second-order valence-corrected chi connectivity index (χ2v) is 9.44. The minimum absolute atomic E-state index is 0.0351. The molecule has 0 unspecified atom stereocenters. The first-order valence-electron chi connectivity index (χ1n) is 10.0. The van der Waals surface area contributed by atoms with Gasteiger partial charge in [0.15, 0.2) is 0 Å². The Hall–Kier alpha value is -3.39. The molecule has 0 bridgehead atoms. The fraction of sp³-hybridized carbons (Fsp3) is 0.227. The summed E-state index contributed by atoms with van der Waals surface area (Å²) < 4.78 is 50.0. The van der Waals surface area contributed by atoms with Gasteiger partial charge in [0.1, 0.15) is 12.3 Å². The van der Waals surface area contributed by atoms with E-state index >= 15 is 0 Å². The van der Waals surface area contributed by atoms with Crippen LogP contribution in [0, 0.1) is 10.1 Å². The molecule has 2 aromatic carbocycles. The average Bonchev–Trinajstić information content (AvgIpc) is 3.01. The summed E-state index contributed by atoms with van der Waals surface area (Å²) in [5.41, 5.74) is -1.95. The van der Waals surface area contributed by atoms with Crippen molar-refractivity contribution in [3.8, 4) is 11.5 Å². The molecule has 0 aromatic heterocycles. The van der Waals surface area contributed by atoms with E-state index in [1.54, 1.807) is 13.8 Å². The smallest absolute Gasteiger partial charge is 0.416 e. The highest BCUT2D eigenvalue weighted by Crippen LogP contribution is 2.40. The first kappa shape index (κ1) is 27.2. The molecule has 2 aromatic rings. The van der Waals surface area contributed by atoms with E-state index in [2.05, 4.69) is 15.9 Å². The van der Waals surface area contributed by atoms with E-state index in [4.69, 9.17) is 9.47 Å². The summed E-state index contributed by atoms with van der Waals surface area (Å²) in [6.07, 6.45) is -3.96. The minimum atomic E-state index is -4.80. The van der Waals surface area contributed by atoms with Crippen molar-refractivity contribution in [1.82, 2.24) is 4.90 Å². The van der Waals surface area contributed by atoms with Crippen molar-refractivity contribution in [2.45, 2.75) is 26.1 Å². The lowest BCUT2D eigenvalue weighted by Crippen LogP contribution is -2.35. The number of hydrogen-bond donors (Lipinski definition) is 0. The molecular weight excluding hydrogens is 573 g/mol. The predicted octanol–water partition coefficient (Wildman–Crippen LogP) is 6.16. The van der Waals surface area contributed by atoms with Crippen LogP contribution in [0.1, 0.15) is 25.0 Å². The third-order valence-electron chi connectivity index (χ3n) is 4.49. The Labute approximate surface area is 214 Å². The lowest BCUT2D eigenvalue weighted by atomic mass is 10.1. The second-order valence-electron chi connectivity index (χ2n) is 7.53. The summed E-state index contributed by atoms with van der Waals surface area (Å²) >= 11 is 3.80. The summed E-state index contributed by atoms with van der Waals surface area (Å²) in [6.45, 7) is 2.64. The number of rotatable bonds is 7. The fourth-order valence-electron chi connectivity index (χ4n) is 2.97. The Morgan fingerprint density at radius 1 is 1.19 bits per heavy atom. The number of halogens is 4. The summed E-state index contributed by atoms with van der Waals surface area (Å²) in [4.78, 5) is 47.9. The summed E-state index contributed by atoms with van der Waals surface area (Å²) in [5, 5.41) is 10.7. The van der Waals surface area contributed by atoms with Gasteiger partial charge >= 0.3 is 17.8 Å². The Kier molecular flexibility index (Phi) is 8.09. The number of esters is 1. The van der Waals surface area contributed by atoms with Crippen LogP contribution < -0.4 is 4.74 Å². The molecule has 1 heterocycles. The molecule has 3 rings (SSSR count). The quantitative estimate of drug-likeness (QED) is 0.163.